The second-order valence-corrected chi connectivity index (χ2v) is 11.7. The molecule has 39 heavy (non-hydrogen) atoms. The largest absolute Gasteiger partial charge is 0.357 e. The van der Waals surface area contributed by atoms with Crippen molar-refractivity contribution in [2.45, 2.75) is 49.6 Å². The van der Waals surface area contributed by atoms with Crippen LogP contribution in [0, 0.1) is 5.82 Å². The highest BCUT2D eigenvalue weighted by Gasteiger charge is 2.30. The average Bonchev–Trinajstić information content (AvgIpc) is 3.51. The maximum absolute atomic E-state index is 13.6. The lowest BCUT2D eigenvalue weighted by Crippen LogP contribution is -2.49. The van der Waals surface area contributed by atoms with Crippen LogP contribution in [-0.4, -0.2) is 55.6 Å². The van der Waals surface area contributed by atoms with Crippen LogP contribution in [0.3, 0.4) is 0 Å². The molecule has 1 N–H and O–H groups in total. The van der Waals surface area contributed by atoms with E-state index in [0.717, 1.165) is 24.0 Å². The molecule has 1 atom stereocenters. The summed E-state index contributed by atoms with van der Waals surface area (Å²) in [6.07, 6.45) is 2.58. The second-order valence-electron chi connectivity index (χ2n) is 9.72. The maximum atomic E-state index is 13.6. The summed E-state index contributed by atoms with van der Waals surface area (Å²) in [5.41, 5.74) is 2.45. The third-order valence-electron chi connectivity index (χ3n) is 7.04. The highest BCUT2D eigenvalue weighted by molar-refractivity contribution is 7.89. The van der Waals surface area contributed by atoms with E-state index in [1.54, 1.807) is 48.3 Å². The summed E-state index contributed by atoms with van der Waals surface area (Å²) in [7, 11) is -1.96. The summed E-state index contributed by atoms with van der Waals surface area (Å²) in [5, 5.41) is 2.68. The zero-order valence-corrected chi connectivity index (χ0v) is 22.9. The first kappa shape index (κ1) is 28.4. The van der Waals surface area contributed by atoms with Gasteiger partial charge < -0.3 is 10.2 Å². The number of aryl methyl sites for hydroxylation is 1. The number of halogens is 1. The van der Waals surface area contributed by atoms with Gasteiger partial charge in [0.25, 0.3) is 0 Å². The highest BCUT2D eigenvalue weighted by Crippen LogP contribution is 2.22. The lowest BCUT2D eigenvalue weighted by atomic mass is 10.0. The molecule has 206 valence electrons. The highest BCUT2D eigenvalue weighted by atomic mass is 32.2. The van der Waals surface area contributed by atoms with Crippen LogP contribution in [0.5, 0.6) is 0 Å². The number of sulfonamides is 1. The molecule has 2 amide bonds. The summed E-state index contributed by atoms with van der Waals surface area (Å²) in [4.78, 5) is 28.4. The number of hydrogen-bond acceptors (Lipinski definition) is 4. The van der Waals surface area contributed by atoms with Crippen molar-refractivity contribution >= 4 is 21.8 Å². The second kappa shape index (κ2) is 13.0. The van der Waals surface area contributed by atoms with Gasteiger partial charge in [0.15, 0.2) is 0 Å². The molecule has 1 fully saturated rings. The van der Waals surface area contributed by atoms with Crippen molar-refractivity contribution in [3.05, 3.63) is 101 Å². The van der Waals surface area contributed by atoms with Crippen LogP contribution in [-0.2, 0) is 39.0 Å². The van der Waals surface area contributed by atoms with Gasteiger partial charge >= 0.3 is 0 Å². The molecule has 0 saturated carbocycles. The van der Waals surface area contributed by atoms with E-state index in [9.17, 15) is 22.4 Å². The third kappa shape index (κ3) is 7.30. The molecule has 7 nitrogen and oxygen atoms in total. The van der Waals surface area contributed by atoms with Crippen molar-refractivity contribution in [1.82, 2.24) is 14.5 Å². The molecular weight excluding hydrogens is 517 g/mol. The number of rotatable bonds is 11. The van der Waals surface area contributed by atoms with E-state index in [2.05, 4.69) is 5.32 Å². The van der Waals surface area contributed by atoms with Gasteiger partial charge in [0, 0.05) is 39.5 Å². The monoisotopic (exact) mass is 551 g/mol. The Bertz CT molecular complexity index is 1360. The molecule has 0 spiro atoms. The van der Waals surface area contributed by atoms with E-state index in [0.29, 0.717) is 31.5 Å². The minimum absolute atomic E-state index is 0.127. The number of benzene rings is 3. The molecular formula is C30H34FN3O4S. The number of nitrogens with one attached hydrogen (secondary N) is 1. The Morgan fingerprint density at radius 1 is 0.897 bits per heavy atom. The molecule has 0 aromatic heterocycles. The van der Waals surface area contributed by atoms with Gasteiger partial charge in [-0.3, -0.25) is 9.59 Å². The van der Waals surface area contributed by atoms with E-state index in [1.807, 2.05) is 30.3 Å². The Balaban J connectivity index is 1.52. The Kier molecular flexibility index (Phi) is 9.48. The predicted molar refractivity (Wildman–Crippen MR) is 148 cm³/mol. The van der Waals surface area contributed by atoms with Gasteiger partial charge in [-0.15, -0.1) is 0 Å². The Labute approximate surface area is 229 Å². The number of amides is 2. The van der Waals surface area contributed by atoms with Gasteiger partial charge in [0.05, 0.1) is 4.90 Å². The molecule has 0 aliphatic carbocycles. The van der Waals surface area contributed by atoms with Gasteiger partial charge in [-0.2, -0.15) is 4.31 Å². The SMILES string of the molecule is CNC(=O)[C@@H](Cc1ccccc1)N(Cc1ccc(F)cc1)C(=O)CCc1ccc(S(=O)(=O)N2CCCC2)cc1. The molecule has 0 unspecified atom stereocenters. The van der Waals surface area contributed by atoms with Gasteiger partial charge in [0.2, 0.25) is 21.8 Å². The molecule has 1 aliphatic heterocycles. The Hall–Kier alpha value is -3.56. The molecule has 1 saturated heterocycles. The van der Waals surface area contributed by atoms with E-state index in [-0.39, 0.29) is 35.5 Å². The minimum Gasteiger partial charge on any atom is -0.357 e. The molecule has 3 aromatic rings. The van der Waals surface area contributed by atoms with Crippen LogP contribution in [0.2, 0.25) is 0 Å². The molecule has 1 aliphatic rings. The first-order valence-corrected chi connectivity index (χ1v) is 14.6. The molecule has 0 radical (unpaired) electrons. The van der Waals surface area contributed by atoms with E-state index < -0.39 is 16.1 Å². The summed E-state index contributed by atoms with van der Waals surface area (Å²) in [6.45, 7) is 1.23. The maximum Gasteiger partial charge on any atom is 0.243 e. The van der Waals surface area contributed by atoms with Crippen LogP contribution in [0.4, 0.5) is 4.39 Å². The quantitative estimate of drug-likeness (QED) is 0.391. The van der Waals surface area contributed by atoms with Crippen LogP contribution >= 0.6 is 0 Å². The summed E-state index contributed by atoms with van der Waals surface area (Å²) >= 11 is 0. The van der Waals surface area contributed by atoms with E-state index >= 15 is 0 Å². The van der Waals surface area contributed by atoms with Crippen molar-refractivity contribution in [1.29, 1.82) is 0 Å². The molecule has 3 aromatic carbocycles. The fraction of sp³-hybridized carbons (Fsp3) is 0.333. The van der Waals surface area contributed by atoms with Crippen molar-refractivity contribution in [3.63, 3.8) is 0 Å². The molecule has 9 heteroatoms. The Morgan fingerprint density at radius 2 is 1.51 bits per heavy atom. The van der Waals surface area contributed by atoms with Crippen LogP contribution in [0.1, 0.15) is 36.0 Å². The van der Waals surface area contributed by atoms with Crippen LogP contribution < -0.4 is 5.32 Å². The topological polar surface area (TPSA) is 86.8 Å². The minimum atomic E-state index is -3.50. The number of carbonyl (C=O) groups excluding carboxylic acids is 2. The average molecular weight is 552 g/mol. The molecule has 4 rings (SSSR count). The lowest BCUT2D eigenvalue weighted by molar-refractivity contribution is -0.141. The first-order chi connectivity index (χ1) is 18.8. The number of likely N-dealkylation sites (N-methyl/N-ethyl adjacent to an activating group) is 1. The first-order valence-electron chi connectivity index (χ1n) is 13.2. The normalized spacial score (nSPS) is 14.6. The Morgan fingerprint density at radius 3 is 2.13 bits per heavy atom. The molecule has 0 bridgehead atoms. The van der Waals surface area contributed by atoms with Gasteiger partial charge in [-0.05, 0) is 60.2 Å². The van der Waals surface area contributed by atoms with Crippen molar-refractivity contribution in [2.75, 3.05) is 20.1 Å². The van der Waals surface area contributed by atoms with Crippen molar-refractivity contribution in [3.8, 4) is 0 Å². The zero-order chi connectivity index (χ0) is 27.8. The smallest absolute Gasteiger partial charge is 0.243 e. The van der Waals surface area contributed by atoms with Crippen LogP contribution in [0.15, 0.2) is 83.8 Å². The third-order valence-corrected chi connectivity index (χ3v) is 8.95. The lowest BCUT2D eigenvalue weighted by Gasteiger charge is -2.31. The summed E-state index contributed by atoms with van der Waals surface area (Å²) < 4.78 is 40.7. The van der Waals surface area contributed by atoms with Gasteiger partial charge in [-0.1, -0.05) is 54.6 Å². The predicted octanol–water partition coefficient (Wildman–Crippen LogP) is 3.93. The van der Waals surface area contributed by atoms with Crippen LogP contribution in [0.25, 0.3) is 0 Å². The van der Waals surface area contributed by atoms with Gasteiger partial charge in [0.1, 0.15) is 11.9 Å². The fourth-order valence-electron chi connectivity index (χ4n) is 4.81. The zero-order valence-electron chi connectivity index (χ0n) is 22.1. The summed E-state index contributed by atoms with van der Waals surface area (Å²) in [5.74, 6) is -0.887. The van der Waals surface area contributed by atoms with E-state index in [4.69, 9.17) is 0 Å². The van der Waals surface area contributed by atoms with E-state index in [1.165, 1.54) is 16.4 Å². The van der Waals surface area contributed by atoms with Gasteiger partial charge in [-0.25, -0.2) is 12.8 Å². The van der Waals surface area contributed by atoms with Crippen molar-refractivity contribution in [2.24, 2.45) is 0 Å². The fourth-order valence-corrected chi connectivity index (χ4v) is 6.32. The summed E-state index contributed by atoms with van der Waals surface area (Å²) in [6, 6.07) is 21.3. The number of hydrogen-bond donors (Lipinski definition) is 1. The standard InChI is InChI=1S/C30H34FN3O4S/c1-32-30(36)28(21-24-7-3-2-4-8-24)34(22-25-9-14-26(31)15-10-25)29(35)18-13-23-11-16-27(17-12-23)39(37,38)33-19-5-6-20-33/h2-4,7-12,14-17,28H,5-6,13,18-22H2,1H3,(H,32,36)/t28-/m1/s1. The number of nitrogens with zero attached hydrogens (tertiary/aromatic N) is 2. The van der Waals surface area contributed by atoms with Crippen molar-refractivity contribution < 1.29 is 22.4 Å². The number of carbonyl (C=O) groups is 2. The molecule has 1 heterocycles.